The van der Waals surface area contributed by atoms with Crippen molar-refractivity contribution in [1.82, 2.24) is 9.55 Å². The summed E-state index contributed by atoms with van der Waals surface area (Å²) in [6.45, 7) is 1.65. The molecule has 26 heavy (non-hydrogen) atoms. The predicted octanol–water partition coefficient (Wildman–Crippen LogP) is 5.71. The van der Waals surface area contributed by atoms with Crippen LogP contribution in [0.3, 0.4) is 0 Å². The van der Waals surface area contributed by atoms with Crippen molar-refractivity contribution in [2.45, 2.75) is 38.3 Å². The van der Waals surface area contributed by atoms with Gasteiger partial charge in [-0.15, -0.1) is 0 Å². The first kappa shape index (κ1) is 18.7. The van der Waals surface area contributed by atoms with Crippen LogP contribution in [0, 0.1) is 0 Å². The van der Waals surface area contributed by atoms with E-state index in [1.54, 1.807) is 0 Å². The molecule has 0 aliphatic carbocycles. The molecule has 0 amide bonds. The minimum atomic E-state index is 0.0754. The highest BCUT2D eigenvalue weighted by molar-refractivity contribution is 6.30. The molecule has 0 spiro atoms. The Bertz CT molecular complexity index is 742. The lowest BCUT2D eigenvalue weighted by Crippen LogP contribution is -2.09. The van der Waals surface area contributed by atoms with E-state index in [0.29, 0.717) is 0 Å². The lowest BCUT2D eigenvalue weighted by molar-refractivity contribution is 0.0413. The average molecular weight is 369 g/mol. The summed E-state index contributed by atoms with van der Waals surface area (Å²) in [7, 11) is 0. The Morgan fingerprint density at radius 1 is 1.00 bits per heavy atom. The molecule has 3 rings (SSSR count). The van der Waals surface area contributed by atoms with Crippen LogP contribution in [0.15, 0.2) is 73.3 Å². The molecule has 1 heterocycles. The van der Waals surface area contributed by atoms with Gasteiger partial charge in [-0.25, -0.2) is 4.98 Å². The van der Waals surface area contributed by atoms with Gasteiger partial charge in [0.1, 0.15) is 0 Å². The maximum atomic E-state index is 6.23. The van der Waals surface area contributed by atoms with Crippen LogP contribution >= 0.6 is 11.6 Å². The first-order valence-electron chi connectivity index (χ1n) is 9.18. The fourth-order valence-electron chi connectivity index (χ4n) is 3.01. The van der Waals surface area contributed by atoms with Crippen molar-refractivity contribution < 1.29 is 4.74 Å². The standard InChI is InChI=1S/C22H25ClN2O/c23-21-11-9-20(10-12-21)22(13-15-25-16-14-24-18-25)26-17-5-4-8-19-6-2-1-3-7-19/h1-3,6-7,9-12,14,16,18,22H,4-5,8,13,15,17H2. The molecule has 136 valence electrons. The van der Waals surface area contributed by atoms with Crippen LogP contribution in [-0.2, 0) is 17.7 Å². The second-order valence-electron chi connectivity index (χ2n) is 6.44. The molecule has 1 unspecified atom stereocenters. The smallest absolute Gasteiger partial charge is 0.0945 e. The van der Waals surface area contributed by atoms with Gasteiger partial charge in [0.25, 0.3) is 0 Å². The summed E-state index contributed by atoms with van der Waals surface area (Å²) in [5, 5.41) is 0.755. The van der Waals surface area contributed by atoms with E-state index in [2.05, 4.69) is 52.0 Å². The second kappa shape index (κ2) is 10.1. The Balaban J connectivity index is 1.48. The molecule has 0 fully saturated rings. The Morgan fingerprint density at radius 2 is 1.81 bits per heavy atom. The van der Waals surface area contributed by atoms with E-state index >= 15 is 0 Å². The van der Waals surface area contributed by atoms with Crippen LogP contribution in [0.4, 0.5) is 0 Å². The highest BCUT2D eigenvalue weighted by Crippen LogP contribution is 2.24. The van der Waals surface area contributed by atoms with Crippen LogP contribution in [0.2, 0.25) is 5.02 Å². The number of hydrogen-bond acceptors (Lipinski definition) is 2. The SMILES string of the molecule is Clc1ccc(C(CCn2ccnc2)OCCCCc2ccccc2)cc1. The van der Waals surface area contributed by atoms with Crippen LogP contribution in [-0.4, -0.2) is 16.2 Å². The molecule has 1 aromatic heterocycles. The third-order valence-corrected chi connectivity index (χ3v) is 4.72. The third-order valence-electron chi connectivity index (χ3n) is 4.47. The van der Waals surface area contributed by atoms with Gasteiger partial charge in [-0.05, 0) is 48.9 Å². The molecule has 0 bridgehead atoms. The van der Waals surface area contributed by atoms with E-state index in [4.69, 9.17) is 16.3 Å². The molecule has 0 aliphatic rings. The second-order valence-corrected chi connectivity index (χ2v) is 6.88. The van der Waals surface area contributed by atoms with E-state index < -0.39 is 0 Å². The van der Waals surface area contributed by atoms with Crippen LogP contribution < -0.4 is 0 Å². The number of halogens is 1. The van der Waals surface area contributed by atoms with Crippen LogP contribution in [0.25, 0.3) is 0 Å². The molecule has 0 saturated carbocycles. The van der Waals surface area contributed by atoms with E-state index in [-0.39, 0.29) is 6.10 Å². The molecule has 0 radical (unpaired) electrons. The zero-order chi connectivity index (χ0) is 18.0. The summed E-state index contributed by atoms with van der Waals surface area (Å²) in [5.41, 5.74) is 2.57. The molecule has 0 aliphatic heterocycles. The van der Waals surface area contributed by atoms with E-state index in [9.17, 15) is 0 Å². The Hall–Kier alpha value is -2.10. The van der Waals surface area contributed by atoms with Gasteiger partial charge in [0.05, 0.1) is 12.4 Å². The summed E-state index contributed by atoms with van der Waals surface area (Å²) in [4.78, 5) is 4.10. The number of aromatic nitrogens is 2. The van der Waals surface area contributed by atoms with Crippen molar-refractivity contribution in [3.05, 3.63) is 89.5 Å². The summed E-state index contributed by atoms with van der Waals surface area (Å²) >= 11 is 6.03. The van der Waals surface area contributed by atoms with Gasteiger partial charge in [0.15, 0.2) is 0 Å². The summed E-state index contributed by atoms with van der Waals surface area (Å²) in [6, 6.07) is 18.6. The minimum absolute atomic E-state index is 0.0754. The fourth-order valence-corrected chi connectivity index (χ4v) is 3.14. The number of unbranched alkanes of at least 4 members (excludes halogenated alkanes) is 1. The molecule has 2 aromatic carbocycles. The van der Waals surface area contributed by atoms with Crippen molar-refractivity contribution in [2.24, 2.45) is 0 Å². The molecular formula is C22H25ClN2O. The van der Waals surface area contributed by atoms with E-state index in [0.717, 1.165) is 43.9 Å². The predicted molar refractivity (Wildman–Crippen MR) is 106 cm³/mol. The summed E-state index contributed by atoms with van der Waals surface area (Å²) in [5.74, 6) is 0. The average Bonchev–Trinajstić information content (AvgIpc) is 3.19. The van der Waals surface area contributed by atoms with Crippen molar-refractivity contribution >= 4 is 11.6 Å². The molecule has 0 saturated heterocycles. The van der Waals surface area contributed by atoms with Crippen molar-refractivity contribution in [1.29, 1.82) is 0 Å². The zero-order valence-corrected chi connectivity index (χ0v) is 15.7. The van der Waals surface area contributed by atoms with Crippen molar-refractivity contribution in [3.8, 4) is 0 Å². The first-order valence-corrected chi connectivity index (χ1v) is 9.56. The number of aryl methyl sites for hydroxylation is 2. The molecule has 3 nitrogen and oxygen atoms in total. The summed E-state index contributed by atoms with van der Waals surface area (Å²) < 4.78 is 8.31. The van der Waals surface area contributed by atoms with Crippen LogP contribution in [0.1, 0.15) is 36.5 Å². The lowest BCUT2D eigenvalue weighted by Gasteiger charge is -2.19. The maximum Gasteiger partial charge on any atom is 0.0945 e. The number of rotatable bonds is 10. The van der Waals surface area contributed by atoms with Gasteiger partial charge in [-0.2, -0.15) is 0 Å². The molecule has 4 heteroatoms. The van der Waals surface area contributed by atoms with E-state index in [1.165, 1.54) is 11.1 Å². The molecule has 0 N–H and O–H groups in total. The molecular weight excluding hydrogens is 344 g/mol. The van der Waals surface area contributed by atoms with Gasteiger partial charge in [0.2, 0.25) is 0 Å². The highest BCUT2D eigenvalue weighted by Gasteiger charge is 2.12. The van der Waals surface area contributed by atoms with Crippen molar-refractivity contribution in [3.63, 3.8) is 0 Å². The molecule has 1 atom stereocenters. The topological polar surface area (TPSA) is 27.1 Å². The first-order chi connectivity index (χ1) is 12.8. The Kier molecular flexibility index (Phi) is 7.29. The molecule has 3 aromatic rings. The van der Waals surface area contributed by atoms with E-state index in [1.807, 2.05) is 30.9 Å². The normalized spacial score (nSPS) is 12.2. The number of hydrogen-bond donors (Lipinski definition) is 0. The van der Waals surface area contributed by atoms with Gasteiger partial charge < -0.3 is 9.30 Å². The number of ether oxygens (including phenoxy) is 1. The maximum absolute atomic E-state index is 6.23. The largest absolute Gasteiger partial charge is 0.373 e. The fraction of sp³-hybridized carbons (Fsp3) is 0.318. The van der Waals surface area contributed by atoms with Gasteiger partial charge >= 0.3 is 0 Å². The quantitative estimate of drug-likeness (QED) is 0.429. The number of benzene rings is 2. The minimum Gasteiger partial charge on any atom is -0.373 e. The van der Waals surface area contributed by atoms with Crippen LogP contribution in [0.5, 0.6) is 0 Å². The van der Waals surface area contributed by atoms with Gasteiger partial charge in [-0.3, -0.25) is 0 Å². The monoisotopic (exact) mass is 368 g/mol. The number of imidazole rings is 1. The van der Waals surface area contributed by atoms with Gasteiger partial charge in [0, 0.05) is 30.6 Å². The third kappa shape index (κ3) is 6.01. The van der Waals surface area contributed by atoms with Gasteiger partial charge in [-0.1, -0.05) is 54.1 Å². The number of nitrogens with zero attached hydrogens (tertiary/aromatic N) is 2. The lowest BCUT2D eigenvalue weighted by atomic mass is 10.1. The van der Waals surface area contributed by atoms with Crippen molar-refractivity contribution in [2.75, 3.05) is 6.61 Å². The summed E-state index contributed by atoms with van der Waals surface area (Å²) in [6.07, 6.45) is 9.93. The zero-order valence-electron chi connectivity index (χ0n) is 14.9. The Morgan fingerprint density at radius 3 is 2.54 bits per heavy atom. The Labute approximate surface area is 160 Å². The highest BCUT2D eigenvalue weighted by atomic mass is 35.5.